The van der Waals surface area contributed by atoms with E-state index >= 15 is 0 Å². The van der Waals surface area contributed by atoms with Gasteiger partial charge >= 0.3 is 5.97 Å². The topological polar surface area (TPSA) is 79.1 Å². The van der Waals surface area contributed by atoms with Crippen molar-refractivity contribution in [2.45, 2.75) is 19.6 Å². The van der Waals surface area contributed by atoms with E-state index in [4.69, 9.17) is 14.2 Å². The molecular weight excluding hydrogens is 380 g/mol. The fourth-order valence-electron chi connectivity index (χ4n) is 2.92. The summed E-state index contributed by atoms with van der Waals surface area (Å²) in [5.41, 5.74) is 1.90. The summed E-state index contributed by atoms with van der Waals surface area (Å²) < 4.78 is 18.7. The van der Waals surface area contributed by atoms with E-state index < -0.39 is 18.0 Å². The van der Waals surface area contributed by atoms with E-state index in [1.54, 1.807) is 16.7 Å². The molecule has 8 heteroatoms. The van der Waals surface area contributed by atoms with Crippen molar-refractivity contribution in [2.75, 3.05) is 13.7 Å². The third-order valence-electron chi connectivity index (χ3n) is 4.34. The quantitative estimate of drug-likeness (QED) is 0.633. The van der Waals surface area contributed by atoms with Crippen molar-refractivity contribution in [1.82, 2.24) is 4.57 Å². The average molecular weight is 398 g/mol. The second-order valence-corrected chi connectivity index (χ2v) is 7.34. The van der Waals surface area contributed by atoms with Crippen molar-refractivity contribution in [3.05, 3.63) is 52.8 Å². The molecule has 0 saturated heterocycles. The van der Waals surface area contributed by atoms with Crippen LogP contribution in [0.5, 0.6) is 11.5 Å². The van der Waals surface area contributed by atoms with Gasteiger partial charge in [0.1, 0.15) is 13.2 Å². The summed E-state index contributed by atoms with van der Waals surface area (Å²) in [5, 5.41) is 0. The maximum Gasteiger partial charge on any atom is 0.325 e. The second-order valence-electron chi connectivity index (χ2n) is 6.33. The molecule has 2 heterocycles. The number of methoxy groups -OCH3 is 1. The van der Waals surface area contributed by atoms with Crippen LogP contribution in [-0.4, -0.2) is 36.3 Å². The minimum Gasteiger partial charge on any atom is -0.485 e. The predicted octanol–water partition coefficient (Wildman–Crippen LogP) is 2.45. The van der Waals surface area contributed by atoms with Gasteiger partial charge in [-0.25, -0.2) is 0 Å². The number of aromatic nitrogens is 1. The number of carbonyl (C=O) groups excluding carboxylic acids is 2. The van der Waals surface area contributed by atoms with Gasteiger partial charge in [-0.2, -0.15) is 4.99 Å². The maximum atomic E-state index is 12.7. The first-order chi connectivity index (χ1) is 13.5. The summed E-state index contributed by atoms with van der Waals surface area (Å²) in [6.45, 7) is 2.04. The van der Waals surface area contributed by atoms with E-state index in [9.17, 15) is 9.59 Å². The summed E-state index contributed by atoms with van der Waals surface area (Å²) in [6, 6.07) is 13.0. The lowest BCUT2D eigenvalue weighted by Gasteiger charge is -2.23. The Bertz CT molecular complexity index is 1130. The van der Waals surface area contributed by atoms with Gasteiger partial charge in [-0.3, -0.25) is 9.59 Å². The predicted molar refractivity (Wildman–Crippen MR) is 103 cm³/mol. The molecular formula is C20H18N2O5S. The molecule has 2 aromatic carbocycles. The normalized spacial score (nSPS) is 16.2. The Hall–Kier alpha value is -3.13. The van der Waals surface area contributed by atoms with Crippen LogP contribution in [0.4, 0.5) is 0 Å². The smallest absolute Gasteiger partial charge is 0.325 e. The lowest BCUT2D eigenvalue weighted by atomic mass is 10.2. The number of thiazole rings is 1. The summed E-state index contributed by atoms with van der Waals surface area (Å²) in [4.78, 5) is 29.2. The SMILES string of the molecule is COC(=O)Cn1c(=NC(=O)[C@@H]2COc3ccccc3O2)sc2cc(C)ccc21. The molecule has 1 aliphatic heterocycles. The Balaban J connectivity index is 1.71. The van der Waals surface area contributed by atoms with Gasteiger partial charge in [0.2, 0.25) is 6.10 Å². The third kappa shape index (κ3) is 3.50. The number of para-hydroxylation sites is 2. The first-order valence-electron chi connectivity index (χ1n) is 8.69. The number of hydrogen-bond acceptors (Lipinski definition) is 6. The Morgan fingerprint density at radius 1 is 1.25 bits per heavy atom. The molecule has 0 aliphatic carbocycles. The third-order valence-corrected chi connectivity index (χ3v) is 5.38. The minimum absolute atomic E-state index is 0.0312. The van der Waals surface area contributed by atoms with Crippen LogP contribution in [-0.2, 0) is 20.9 Å². The summed E-state index contributed by atoms with van der Waals surface area (Å²) in [7, 11) is 1.33. The molecule has 1 aliphatic rings. The van der Waals surface area contributed by atoms with E-state index in [2.05, 4.69) is 4.99 Å². The molecule has 0 N–H and O–H groups in total. The zero-order chi connectivity index (χ0) is 19.7. The molecule has 1 atom stereocenters. The number of esters is 1. The van der Waals surface area contributed by atoms with Crippen molar-refractivity contribution in [1.29, 1.82) is 0 Å². The number of ether oxygens (including phenoxy) is 3. The molecule has 144 valence electrons. The van der Waals surface area contributed by atoms with E-state index in [0.29, 0.717) is 16.3 Å². The van der Waals surface area contributed by atoms with Crippen LogP contribution >= 0.6 is 11.3 Å². The molecule has 0 fully saturated rings. The number of carbonyl (C=O) groups is 2. The summed E-state index contributed by atoms with van der Waals surface area (Å²) in [5.74, 6) is 0.234. The molecule has 7 nitrogen and oxygen atoms in total. The number of amides is 1. The molecule has 28 heavy (non-hydrogen) atoms. The van der Waals surface area contributed by atoms with Gasteiger partial charge in [-0.05, 0) is 36.8 Å². The van der Waals surface area contributed by atoms with Crippen molar-refractivity contribution < 1.29 is 23.8 Å². The molecule has 0 radical (unpaired) electrons. The number of benzene rings is 2. The van der Waals surface area contributed by atoms with Crippen LogP contribution in [0.25, 0.3) is 10.2 Å². The number of rotatable bonds is 3. The molecule has 0 unspecified atom stereocenters. The van der Waals surface area contributed by atoms with Crippen LogP contribution in [0, 0.1) is 6.92 Å². The Morgan fingerprint density at radius 3 is 2.82 bits per heavy atom. The zero-order valence-corrected chi connectivity index (χ0v) is 16.2. The fraction of sp³-hybridized carbons (Fsp3) is 0.250. The summed E-state index contributed by atoms with van der Waals surface area (Å²) >= 11 is 1.34. The Kier molecular flexibility index (Phi) is 4.87. The van der Waals surface area contributed by atoms with Gasteiger partial charge in [0.25, 0.3) is 5.91 Å². The van der Waals surface area contributed by atoms with E-state index in [1.165, 1.54) is 18.4 Å². The van der Waals surface area contributed by atoms with Gasteiger partial charge in [0.05, 0.1) is 17.3 Å². The van der Waals surface area contributed by atoms with Crippen LogP contribution in [0.1, 0.15) is 5.56 Å². The van der Waals surface area contributed by atoms with Crippen molar-refractivity contribution in [3.8, 4) is 11.5 Å². The minimum atomic E-state index is -0.839. The zero-order valence-electron chi connectivity index (χ0n) is 15.4. The first kappa shape index (κ1) is 18.2. The first-order valence-corrected chi connectivity index (χ1v) is 9.50. The molecule has 1 aromatic heterocycles. The highest BCUT2D eigenvalue weighted by Crippen LogP contribution is 2.31. The van der Waals surface area contributed by atoms with Crippen molar-refractivity contribution in [2.24, 2.45) is 4.99 Å². The van der Waals surface area contributed by atoms with Crippen LogP contribution in [0.2, 0.25) is 0 Å². The highest BCUT2D eigenvalue weighted by molar-refractivity contribution is 7.16. The Morgan fingerprint density at radius 2 is 2.04 bits per heavy atom. The largest absolute Gasteiger partial charge is 0.485 e. The fourth-order valence-corrected chi connectivity index (χ4v) is 4.05. The molecule has 4 rings (SSSR count). The van der Waals surface area contributed by atoms with Gasteiger partial charge in [-0.15, -0.1) is 0 Å². The standard InChI is InChI=1S/C20H18N2O5S/c1-12-7-8-13-17(9-12)28-20(22(13)10-18(23)25-2)21-19(24)16-11-26-14-5-3-4-6-15(14)27-16/h3-9,16H,10-11H2,1-2H3/t16-/m0/s1. The maximum absolute atomic E-state index is 12.7. The number of aryl methyl sites for hydroxylation is 1. The molecule has 0 saturated carbocycles. The lowest BCUT2D eigenvalue weighted by Crippen LogP contribution is -2.37. The van der Waals surface area contributed by atoms with E-state index in [1.807, 2.05) is 37.3 Å². The van der Waals surface area contributed by atoms with E-state index in [-0.39, 0.29) is 13.2 Å². The number of nitrogens with zero attached hydrogens (tertiary/aromatic N) is 2. The van der Waals surface area contributed by atoms with Crippen molar-refractivity contribution in [3.63, 3.8) is 0 Å². The molecule has 1 amide bonds. The van der Waals surface area contributed by atoms with Gasteiger partial charge in [0, 0.05) is 0 Å². The summed E-state index contributed by atoms with van der Waals surface area (Å²) in [6.07, 6.45) is -0.839. The highest BCUT2D eigenvalue weighted by Gasteiger charge is 2.27. The highest BCUT2D eigenvalue weighted by atomic mass is 32.1. The molecule has 0 spiro atoms. The molecule has 3 aromatic rings. The van der Waals surface area contributed by atoms with Crippen LogP contribution in [0.15, 0.2) is 47.5 Å². The number of hydrogen-bond donors (Lipinski definition) is 0. The lowest BCUT2D eigenvalue weighted by molar-refractivity contribution is -0.141. The van der Waals surface area contributed by atoms with Gasteiger partial charge < -0.3 is 18.8 Å². The average Bonchev–Trinajstić information content (AvgIpc) is 3.03. The monoisotopic (exact) mass is 398 g/mol. The molecule has 0 bridgehead atoms. The second kappa shape index (κ2) is 7.47. The number of fused-ring (bicyclic) bond motifs is 2. The van der Waals surface area contributed by atoms with Crippen LogP contribution < -0.4 is 14.3 Å². The van der Waals surface area contributed by atoms with Gasteiger partial charge in [-0.1, -0.05) is 29.5 Å². The Labute approximate surface area is 164 Å². The van der Waals surface area contributed by atoms with E-state index in [0.717, 1.165) is 15.8 Å². The van der Waals surface area contributed by atoms with Crippen molar-refractivity contribution >= 4 is 33.4 Å². The van der Waals surface area contributed by atoms with Crippen LogP contribution in [0.3, 0.4) is 0 Å². The van der Waals surface area contributed by atoms with Gasteiger partial charge in [0.15, 0.2) is 16.3 Å².